The van der Waals surface area contributed by atoms with Crippen LogP contribution in [-0.4, -0.2) is 88.4 Å². The van der Waals surface area contributed by atoms with Gasteiger partial charge in [-0.2, -0.15) is 0 Å². The molecule has 29 heavy (non-hydrogen) atoms. The van der Waals surface area contributed by atoms with Crippen molar-refractivity contribution in [1.29, 1.82) is 0 Å². The van der Waals surface area contributed by atoms with Gasteiger partial charge in [-0.3, -0.25) is 0 Å². The van der Waals surface area contributed by atoms with Crippen LogP contribution in [0.5, 0.6) is 11.5 Å². The molecular formula is C21H38IN5O2. The third-order valence-corrected chi connectivity index (χ3v) is 4.76. The minimum atomic E-state index is -0.0243. The van der Waals surface area contributed by atoms with Crippen LogP contribution >= 0.6 is 24.0 Å². The molecule has 1 fully saturated rings. The molecule has 1 aromatic rings. The van der Waals surface area contributed by atoms with Crippen molar-refractivity contribution in [3.63, 3.8) is 0 Å². The number of nitrogens with one attached hydrogen (secondary N) is 2. The molecule has 1 unspecified atom stereocenters. The van der Waals surface area contributed by atoms with Gasteiger partial charge >= 0.3 is 0 Å². The Morgan fingerprint density at radius 1 is 1.17 bits per heavy atom. The Labute approximate surface area is 193 Å². The second kappa shape index (κ2) is 14.7. The van der Waals surface area contributed by atoms with Crippen LogP contribution in [-0.2, 0) is 0 Å². The molecule has 7 nitrogen and oxygen atoms in total. The zero-order chi connectivity index (χ0) is 20.2. The van der Waals surface area contributed by atoms with Crippen LogP contribution in [0.3, 0.4) is 0 Å². The molecule has 1 saturated heterocycles. The second-order valence-electron chi connectivity index (χ2n) is 7.25. The van der Waals surface area contributed by atoms with Gasteiger partial charge in [0.15, 0.2) is 5.96 Å². The lowest BCUT2D eigenvalue weighted by Crippen LogP contribution is -2.42. The van der Waals surface area contributed by atoms with Gasteiger partial charge in [-0.05, 0) is 52.5 Å². The van der Waals surface area contributed by atoms with Crippen molar-refractivity contribution in [3.8, 4) is 11.5 Å². The Bertz CT molecular complexity index is 602. The Morgan fingerprint density at radius 2 is 1.97 bits per heavy atom. The van der Waals surface area contributed by atoms with Gasteiger partial charge in [0.05, 0.1) is 13.7 Å². The predicted octanol–water partition coefficient (Wildman–Crippen LogP) is 2.27. The molecule has 0 aliphatic carbocycles. The first-order chi connectivity index (χ1) is 13.6. The van der Waals surface area contributed by atoms with E-state index in [4.69, 9.17) is 9.47 Å². The summed E-state index contributed by atoms with van der Waals surface area (Å²) in [5.74, 6) is 2.43. The van der Waals surface area contributed by atoms with Gasteiger partial charge in [0.25, 0.3) is 0 Å². The second-order valence-corrected chi connectivity index (χ2v) is 7.25. The summed E-state index contributed by atoms with van der Waals surface area (Å²) in [6.07, 6.45) is 1.22. The summed E-state index contributed by atoms with van der Waals surface area (Å²) in [6.45, 7) is 12.1. The van der Waals surface area contributed by atoms with Gasteiger partial charge in [-0.25, -0.2) is 4.99 Å². The van der Waals surface area contributed by atoms with E-state index in [2.05, 4.69) is 39.4 Å². The van der Waals surface area contributed by atoms with Crippen LogP contribution in [0.1, 0.15) is 20.3 Å². The van der Waals surface area contributed by atoms with Crippen molar-refractivity contribution in [2.75, 3.05) is 66.5 Å². The normalized spacial score (nSPS) is 17.0. The van der Waals surface area contributed by atoms with E-state index < -0.39 is 0 Å². The van der Waals surface area contributed by atoms with Crippen LogP contribution in [0.25, 0.3) is 0 Å². The fourth-order valence-corrected chi connectivity index (χ4v) is 3.16. The summed E-state index contributed by atoms with van der Waals surface area (Å²) in [5, 5.41) is 6.76. The first-order valence-electron chi connectivity index (χ1n) is 10.3. The molecule has 1 atom stereocenters. The van der Waals surface area contributed by atoms with E-state index in [1.165, 1.54) is 19.5 Å². The molecule has 0 radical (unpaired) electrons. The highest BCUT2D eigenvalue weighted by Gasteiger charge is 2.11. The van der Waals surface area contributed by atoms with Crippen LogP contribution < -0.4 is 20.1 Å². The van der Waals surface area contributed by atoms with E-state index in [1.807, 2.05) is 31.2 Å². The van der Waals surface area contributed by atoms with Gasteiger partial charge < -0.3 is 29.9 Å². The molecule has 2 rings (SSSR count). The molecule has 8 heteroatoms. The summed E-state index contributed by atoms with van der Waals surface area (Å²) in [4.78, 5) is 9.60. The van der Waals surface area contributed by atoms with Crippen molar-refractivity contribution in [2.24, 2.45) is 4.99 Å². The quantitative estimate of drug-likeness (QED) is 0.297. The fourth-order valence-electron chi connectivity index (χ4n) is 3.16. The third kappa shape index (κ3) is 10.4. The maximum absolute atomic E-state index is 5.95. The van der Waals surface area contributed by atoms with E-state index in [-0.39, 0.29) is 30.1 Å². The number of ether oxygens (including phenoxy) is 2. The standard InChI is InChI=1S/C21H37N5O2.HI/c1-5-22-21(23-10-13-26-12-7-11-25(3)14-15-26)24-17-18(2)28-20-9-6-8-19(16-20)27-4;/h6,8-9,16,18H,5,7,10-15,17H2,1-4H3,(H2,22,23,24);1H. The maximum atomic E-state index is 5.95. The summed E-state index contributed by atoms with van der Waals surface area (Å²) in [7, 11) is 3.86. The number of hydrogen-bond acceptors (Lipinski definition) is 5. The smallest absolute Gasteiger partial charge is 0.191 e. The minimum Gasteiger partial charge on any atom is -0.497 e. The van der Waals surface area contributed by atoms with E-state index in [0.717, 1.165) is 50.2 Å². The van der Waals surface area contributed by atoms with E-state index in [0.29, 0.717) is 6.54 Å². The number of likely N-dealkylation sites (N-methyl/N-ethyl adjacent to an activating group) is 1. The SMILES string of the molecule is CCNC(=NCC(C)Oc1cccc(OC)c1)NCCN1CCCN(C)CC1.I. The Hall–Kier alpha value is -1.26. The fraction of sp³-hybridized carbons (Fsp3) is 0.667. The average molecular weight is 519 g/mol. The number of rotatable bonds is 9. The number of guanidine groups is 1. The predicted molar refractivity (Wildman–Crippen MR) is 131 cm³/mol. The van der Waals surface area contributed by atoms with Crippen LogP contribution in [0.4, 0.5) is 0 Å². The first-order valence-corrected chi connectivity index (χ1v) is 10.3. The van der Waals surface area contributed by atoms with Gasteiger partial charge in [-0.1, -0.05) is 6.07 Å². The number of methoxy groups -OCH3 is 1. The lowest BCUT2D eigenvalue weighted by atomic mass is 10.3. The highest BCUT2D eigenvalue weighted by molar-refractivity contribution is 14.0. The highest BCUT2D eigenvalue weighted by Crippen LogP contribution is 2.19. The van der Waals surface area contributed by atoms with Crippen LogP contribution in [0.2, 0.25) is 0 Å². The molecule has 0 spiro atoms. The maximum Gasteiger partial charge on any atom is 0.191 e. The lowest BCUT2D eigenvalue weighted by Gasteiger charge is -2.21. The summed E-state index contributed by atoms with van der Waals surface area (Å²) in [5.41, 5.74) is 0. The monoisotopic (exact) mass is 519 g/mol. The summed E-state index contributed by atoms with van der Waals surface area (Å²) >= 11 is 0. The Balaban J connectivity index is 0.00000420. The molecular weight excluding hydrogens is 481 g/mol. The number of aliphatic imine (C=N–C) groups is 1. The van der Waals surface area contributed by atoms with E-state index in [1.54, 1.807) is 7.11 Å². The van der Waals surface area contributed by atoms with Crippen molar-refractivity contribution >= 4 is 29.9 Å². The summed E-state index contributed by atoms with van der Waals surface area (Å²) < 4.78 is 11.2. The van der Waals surface area contributed by atoms with Crippen LogP contribution in [0.15, 0.2) is 29.3 Å². The number of halogens is 1. The summed E-state index contributed by atoms with van der Waals surface area (Å²) in [6, 6.07) is 7.66. The van der Waals surface area contributed by atoms with Gasteiger partial charge in [-0.15, -0.1) is 24.0 Å². The Kier molecular flexibility index (Phi) is 13.0. The number of hydrogen-bond donors (Lipinski definition) is 2. The topological polar surface area (TPSA) is 61.4 Å². The minimum absolute atomic E-state index is 0. The van der Waals surface area contributed by atoms with E-state index >= 15 is 0 Å². The molecule has 0 bridgehead atoms. The molecule has 1 aliphatic heterocycles. The first kappa shape index (κ1) is 25.8. The largest absolute Gasteiger partial charge is 0.497 e. The highest BCUT2D eigenvalue weighted by atomic mass is 127. The zero-order valence-corrected chi connectivity index (χ0v) is 20.6. The van der Waals surface area contributed by atoms with E-state index in [9.17, 15) is 0 Å². The Morgan fingerprint density at radius 3 is 2.72 bits per heavy atom. The molecule has 1 aliphatic rings. The van der Waals surface area contributed by atoms with Crippen molar-refractivity contribution in [3.05, 3.63) is 24.3 Å². The molecule has 0 aromatic heterocycles. The molecule has 1 heterocycles. The number of nitrogens with zero attached hydrogens (tertiary/aromatic N) is 3. The molecule has 166 valence electrons. The van der Waals surface area contributed by atoms with Crippen molar-refractivity contribution < 1.29 is 9.47 Å². The molecule has 0 amide bonds. The van der Waals surface area contributed by atoms with Crippen LogP contribution in [0, 0.1) is 0 Å². The molecule has 0 saturated carbocycles. The van der Waals surface area contributed by atoms with Gasteiger partial charge in [0.2, 0.25) is 0 Å². The molecule has 2 N–H and O–H groups in total. The van der Waals surface area contributed by atoms with Crippen molar-refractivity contribution in [2.45, 2.75) is 26.4 Å². The molecule has 1 aromatic carbocycles. The van der Waals surface area contributed by atoms with Crippen molar-refractivity contribution in [1.82, 2.24) is 20.4 Å². The third-order valence-electron chi connectivity index (χ3n) is 4.76. The van der Waals surface area contributed by atoms with Gasteiger partial charge in [0.1, 0.15) is 17.6 Å². The average Bonchev–Trinajstić information content (AvgIpc) is 2.90. The van der Waals surface area contributed by atoms with Gasteiger partial charge in [0, 0.05) is 38.8 Å². The lowest BCUT2D eigenvalue weighted by molar-refractivity contribution is 0.229. The zero-order valence-electron chi connectivity index (χ0n) is 18.3. The number of benzene rings is 1.